The predicted molar refractivity (Wildman–Crippen MR) is 97.8 cm³/mol. The molecule has 0 saturated heterocycles. The summed E-state index contributed by atoms with van der Waals surface area (Å²) in [5.41, 5.74) is 1.41. The fourth-order valence-electron chi connectivity index (χ4n) is 3.12. The molecule has 3 aromatic rings. The number of carbonyl (C=O) groups is 1. The highest BCUT2D eigenvalue weighted by molar-refractivity contribution is 5.91. The van der Waals surface area contributed by atoms with Crippen molar-refractivity contribution in [3.8, 4) is 17.1 Å². The average Bonchev–Trinajstić information content (AvgIpc) is 3.36. The van der Waals surface area contributed by atoms with Crippen molar-refractivity contribution in [3.05, 3.63) is 71.9 Å². The molecule has 1 aliphatic rings. The summed E-state index contributed by atoms with van der Waals surface area (Å²) in [7, 11) is 0. The minimum atomic E-state index is -4.73. The molecular weight excluding hydrogens is 385 g/mol. The van der Waals surface area contributed by atoms with Gasteiger partial charge in [-0.15, -0.1) is 13.2 Å². The fourth-order valence-corrected chi connectivity index (χ4v) is 3.12. The Labute approximate surface area is 164 Å². The molecule has 0 radical (unpaired) electrons. The monoisotopic (exact) mass is 402 g/mol. The number of hydrogen-bond acceptors (Lipinski definition) is 4. The molecule has 0 aliphatic heterocycles. The number of nitrogens with one attached hydrogen (secondary N) is 1. The van der Waals surface area contributed by atoms with Gasteiger partial charge in [0.25, 0.3) is 0 Å². The Morgan fingerprint density at radius 1 is 1.10 bits per heavy atom. The maximum Gasteiger partial charge on any atom is 0.573 e. The number of alkyl halides is 3. The van der Waals surface area contributed by atoms with Gasteiger partial charge in [-0.3, -0.25) is 4.79 Å². The van der Waals surface area contributed by atoms with Crippen molar-refractivity contribution in [3.63, 3.8) is 0 Å². The van der Waals surface area contributed by atoms with Crippen LogP contribution < -0.4 is 10.1 Å². The van der Waals surface area contributed by atoms with Crippen molar-refractivity contribution in [2.24, 2.45) is 0 Å². The van der Waals surface area contributed by atoms with Crippen LogP contribution in [0.25, 0.3) is 11.3 Å². The van der Waals surface area contributed by atoms with Crippen molar-refractivity contribution in [1.82, 2.24) is 10.5 Å². The molecule has 0 spiro atoms. The highest BCUT2D eigenvalue weighted by Crippen LogP contribution is 2.48. The van der Waals surface area contributed by atoms with Crippen molar-refractivity contribution in [1.29, 1.82) is 0 Å². The Morgan fingerprint density at radius 3 is 2.41 bits per heavy atom. The second-order valence-electron chi connectivity index (χ2n) is 6.90. The van der Waals surface area contributed by atoms with Crippen LogP contribution in [0, 0.1) is 0 Å². The van der Waals surface area contributed by atoms with E-state index in [0.29, 0.717) is 29.9 Å². The van der Waals surface area contributed by atoms with Crippen LogP contribution in [0.4, 0.5) is 13.2 Å². The molecule has 1 amide bonds. The number of carbonyl (C=O) groups excluding carboxylic acids is 1. The lowest BCUT2D eigenvalue weighted by Gasteiger charge is -2.13. The summed E-state index contributed by atoms with van der Waals surface area (Å²) in [5, 5.41) is 6.92. The molecule has 8 heteroatoms. The summed E-state index contributed by atoms with van der Waals surface area (Å²) in [6, 6.07) is 16.6. The van der Waals surface area contributed by atoms with Crippen LogP contribution >= 0.6 is 0 Å². The first-order chi connectivity index (χ1) is 13.9. The van der Waals surface area contributed by atoms with Crippen LogP contribution in [0.1, 0.15) is 24.1 Å². The Morgan fingerprint density at radius 2 is 1.79 bits per heavy atom. The van der Waals surface area contributed by atoms with E-state index >= 15 is 0 Å². The number of nitrogens with zero attached hydrogens (tertiary/aromatic N) is 1. The highest BCUT2D eigenvalue weighted by Gasteiger charge is 2.53. The van der Waals surface area contributed by atoms with E-state index < -0.39 is 11.8 Å². The Hall–Kier alpha value is -3.29. The summed E-state index contributed by atoms with van der Waals surface area (Å²) < 4.78 is 45.9. The minimum absolute atomic E-state index is 0.180. The van der Waals surface area contributed by atoms with Gasteiger partial charge < -0.3 is 14.6 Å². The molecule has 2 aromatic carbocycles. The standard InChI is InChI=1S/C21H17F3N2O3/c22-21(23,24)28-16-8-6-14(7-9-16)13-25-19(27)20(10-11-20)18-12-17(29-26-18)15-4-2-1-3-5-15/h1-9,12H,10-11,13H2,(H,25,27). The van der Waals surface area contributed by atoms with Gasteiger partial charge in [-0.1, -0.05) is 47.6 Å². The van der Waals surface area contributed by atoms with E-state index in [0.717, 1.165) is 5.56 Å². The maximum absolute atomic E-state index is 12.7. The second-order valence-corrected chi connectivity index (χ2v) is 6.90. The number of rotatable bonds is 6. The van der Waals surface area contributed by atoms with Crippen LogP contribution in [0.2, 0.25) is 0 Å². The summed E-state index contributed by atoms with van der Waals surface area (Å²) in [4.78, 5) is 12.7. The number of aromatic nitrogens is 1. The van der Waals surface area contributed by atoms with E-state index in [1.807, 2.05) is 30.3 Å². The molecule has 150 valence electrons. The lowest BCUT2D eigenvalue weighted by Crippen LogP contribution is -2.34. The third-order valence-electron chi connectivity index (χ3n) is 4.85. The molecule has 1 aromatic heterocycles. The third kappa shape index (κ3) is 4.26. The van der Waals surface area contributed by atoms with Crippen molar-refractivity contribution < 1.29 is 27.2 Å². The molecule has 4 rings (SSSR count). The quantitative estimate of drug-likeness (QED) is 0.655. The molecule has 29 heavy (non-hydrogen) atoms. The number of ether oxygens (including phenoxy) is 1. The summed E-state index contributed by atoms with van der Waals surface area (Å²) in [6.45, 7) is 0.191. The maximum atomic E-state index is 12.7. The van der Waals surface area contributed by atoms with Gasteiger partial charge in [0.15, 0.2) is 5.76 Å². The number of amides is 1. The first-order valence-corrected chi connectivity index (χ1v) is 9.01. The SMILES string of the molecule is O=C(NCc1ccc(OC(F)(F)F)cc1)C1(c2cc(-c3ccccc3)on2)CC1. The lowest BCUT2D eigenvalue weighted by atomic mass is 10.00. The van der Waals surface area contributed by atoms with Crippen LogP contribution in [-0.4, -0.2) is 17.4 Å². The molecule has 1 heterocycles. The number of halogens is 3. The predicted octanol–water partition coefficient (Wildman–Crippen LogP) is 4.59. The van der Waals surface area contributed by atoms with E-state index in [1.165, 1.54) is 24.3 Å². The molecule has 1 aliphatic carbocycles. The Kier molecular flexibility index (Phi) is 4.77. The third-order valence-corrected chi connectivity index (χ3v) is 4.85. The average molecular weight is 402 g/mol. The van der Waals surface area contributed by atoms with Crippen LogP contribution in [-0.2, 0) is 16.8 Å². The van der Waals surface area contributed by atoms with Gasteiger partial charge in [-0.2, -0.15) is 0 Å². The van der Waals surface area contributed by atoms with Gasteiger partial charge >= 0.3 is 6.36 Å². The summed E-state index contributed by atoms with van der Waals surface area (Å²) in [6.07, 6.45) is -3.40. The van der Waals surface area contributed by atoms with E-state index in [-0.39, 0.29) is 18.2 Å². The Bertz CT molecular complexity index is 994. The first kappa shape index (κ1) is 19.0. The first-order valence-electron chi connectivity index (χ1n) is 9.01. The smallest absolute Gasteiger partial charge is 0.406 e. The van der Waals surface area contributed by atoms with Gasteiger partial charge in [0.1, 0.15) is 5.75 Å². The van der Waals surface area contributed by atoms with Crippen molar-refractivity contribution in [2.75, 3.05) is 0 Å². The molecule has 1 saturated carbocycles. The topological polar surface area (TPSA) is 64.4 Å². The zero-order chi connectivity index (χ0) is 20.5. The summed E-state index contributed by atoms with van der Waals surface area (Å²) >= 11 is 0. The number of benzene rings is 2. The van der Waals surface area contributed by atoms with Gasteiger partial charge in [-0.25, -0.2) is 0 Å². The van der Waals surface area contributed by atoms with Crippen LogP contribution in [0.5, 0.6) is 5.75 Å². The molecule has 0 unspecified atom stereocenters. The van der Waals surface area contributed by atoms with Crippen molar-refractivity contribution in [2.45, 2.75) is 31.2 Å². The normalized spacial score (nSPS) is 15.0. The van der Waals surface area contributed by atoms with Crippen molar-refractivity contribution >= 4 is 5.91 Å². The van der Waals surface area contributed by atoms with Gasteiger partial charge in [0.2, 0.25) is 5.91 Å². The molecular formula is C21H17F3N2O3. The van der Waals surface area contributed by atoms with Crippen LogP contribution in [0.15, 0.2) is 65.2 Å². The number of hydrogen-bond donors (Lipinski definition) is 1. The van der Waals surface area contributed by atoms with E-state index in [2.05, 4.69) is 15.2 Å². The van der Waals surface area contributed by atoms with Gasteiger partial charge in [0, 0.05) is 18.2 Å². The largest absolute Gasteiger partial charge is 0.573 e. The molecule has 1 N–H and O–H groups in total. The highest BCUT2D eigenvalue weighted by atomic mass is 19.4. The zero-order valence-corrected chi connectivity index (χ0v) is 15.2. The molecule has 5 nitrogen and oxygen atoms in total. The second kappa shape index (κ2) is 7.27. The molecule has 1 fully saturated rings. The summed E-state index contributed by atoms with van der Waals surface area (Å²) in [5.74, 6) is 0.114. The van der Waals surface area contributed by atoms with E-state index in [4.69, 9.17) is 4.52 Å². The molecule has 0 bridgehead atoms. The zero-order valence-electron chi connectivity index (χ0n) is 15.2. The lowest BCUT2D eigenvalue weighted by molar-refractivity contribution is -0.274. The fraction of sp³-hybridized carbons (Fsp3) is 0.238. The minimum Gasteiger partial charge on any atom is -0.406 e. The molecule has 0 atom stereocenters. The van der Waals surface area contributed by atoms with Gasteiger partial charge in [0.05, 0.1) is 11.1 Å². The van der Waals surface area contributed by atoms with E-state index in [9.17, 15) is 18.0 Å². The Balaban J connectivity index is 1.39. The van der Waals surface area contributed by atoms with Gasteiger partial charge in [-0.05, 0) is 30.5 Å². The van der Waals surface area contributed by atoms with E-state index in [1.54, 1.807) is 6.07 Å². The van der Waals surface area contributed by atoms with Crippen LogP contribution in [0.3, 0.4) is 0 Å².